The van der Waals surface area contributed by atoms with E-state index < -0.39 is 5.97 Å². The van der Waals surface area contributed by atoms with Crippen LogP contribution >= 0.6 is 22.6 Å². The van der Waals surface area contributed by atoms with Crippen LogP contribution in [0.25, 0.3) is 0 Å². The largest absolute Gasteiger partial charge is 0.457 e. The van der Waals surface area contributed by atoms with Gasteiger partial charge in [-0.2, -0.15) is 0 Å². The molecule has 1 heterocycles. The molecule has 0 fully saturated rings. The molecule has 0 radical (unpaired) electrons. The summed E-state index contributed by atoms with van der Waals surface area (Å²) in [4.78, 5) is 25.8. The van der Waals surface area contributed by atoms with E-state index in [1.165, 1.54) is 0 Å². The smallest absolute Gasteiger partial charge is 0.341 e. The Hall–Kier alpha value is -1.63. The number of ether oxygens (including phenoxy) is 1. The summed E-state index contributed by atoms with van der Waals surface area (Å²) in [5.41, 5.74) is 2.22. The number of aromatic nitrogens is 1. The van der Waals surface area contributed by atoms with Crippen LogP contribution in [0.15, 0.2) is 30.3 Å². The van der Waals surface area contributed by atoms with Gasteiger partial charge in [0.05, 0.1) is 15.0 Å². The van der Waals surface area contributed by atoms with Crippen molar-refractivity contribution in [2.75, 3.05) is 0 Å². The van der Waals surface area contributed by atoms with Gasteiger partial charge in [0.2, 0.25) is 0 Å². The molecule has 1 aromatic carbocycles. The van der Waals surface area contributed by atoms with Gasteiger partial charge in [0.25, 0.3) is 0 Å². The van der Waals surface area contributed by atoms with Gasteiger partial charge in [0.1, 0.15) is 6.61 Å². The summed E-state index contributed by atoms with van der Waals surface area (Å²) in [5.74, 6) is -0.484. The lowest BCUT2D eigenvalue weighted by Crippen LogP contribution is -2.08. The van der Waals surface area contributed by atoms with Crippen LogP contribution in [0.2, 0.25) is 0 Å². The van der Waals surface area contributed by atoms with Crippen molar-refractivity contribution in [2.24, 2.45) is 0 Å². The molecule has 0 aliphatic heterocycles. The zero-order valence-corrected chi connectivity index (χ0v) is 12.4. The predicted molar refractivity (Wildman–Crippen MR) is 79.2 cm³/mol. The second-order valence-electron chi connectivity index (χ2n) is 4.03. The van der Waals surface area contributed by atoms with Crippen LogP contribution in [0.3, 0.4) is 0 Å². The zero-order chi connectivity index (χ0) is 13.8. The number of aldehydes is 1. The lowest BCUT2D eigenvalue weighted by molar-refractivity contribution is 0.0470. The number of rotatable bonds is 4. The molecule has 1 N–H and O–H groups in total. The van der Waals surface area contributed by atoms with E-state index in [0.29, 0.717) is 11.8 Å². The van der Waals surface area contributed by atoms with Crippen molar-refractivity contribution in [1.29, 1.82) is 0 Å². The van der Waals surface area contributed by atoms with Gasteiger partial charge in [-0.1, -0.05) is 30.3 Å². The first kappa shape index (κ1) is 13.8. The van der Waals surface area contributed by atoms with E-state index in [9.17, 15) is 9.59 Å². The Morgan fingerprint density at radius 1 is 1.37 bits per heavy atom. The number of hydrogen-bond donors (Lipinski definition) is 1. The Labute approximate surface area is 124 Å². The number of nitrogens with one attached hydrogen (secondary N) is 1. The number of halogens is 1. The molecule has 0 unspecified atom stereocenters. The maximum Gasteiger partial charge on any atom is 0.341 e. The highest BCUT2D eigenvalue weighted by Crippen LogP contribution is 2.20. The van der Waals surface area contributed by atoms with Gasteiger partial charge in [0.15, 0.2) is 6.29 Å². The third kappa shape index (κ3) is 3.04. The quantitative estimate of drug-likeness (QED) is 0.512. The summed E-state index contributed by atoms with van der Waals surface area (Å²) >= 11 is 2.05. The second kappa shape index (κ2) is 6.01. The average molecular weight is 369 g/mol. The number of carbonyl (C=O) groups excluding carboxylic acids is 2. The van der Waals surface area contributed by atoms with Gasteiger partial charge in [0, 0.05) is 0 Å². The summed E-state index contributed by atoms with van der Waals surface area (Å²) in [6.45, 7) is 1.98. The number of benzene rings is 1. The topological polar surface area (TPSA) is 59.2 Å². The highest BCUT2D eigenvalue weighted by molar-refractivity contribution is 14.1. The van der Waals surface area contributed by atoms with Crippen molar-refractivity contribution in [3.63, 3.8) is 0 Å². The van der Waals surface area contributed by atoms with Crippen LogP contribution in [0.4, 0.5) is 0 Å². The molecule has 0 saturated heterocycles. The molecule has 0 aliphatic rings. The van der Waals surface area contributed by atoms with Crippen LogP contribution < -0.4 is 0 Å². The fourth-order valence-electron chi connectivity index (χ4n) is 1.73. The molecule has 4 nitrogen and oxygen atoms in total. The number of H-pyrrole nitrogens is 1. The van der Waals surface area contributed by atoms with Crippen LogP contribution in [-0.4, -0.2) is 17.2 Å². The van der Waals surface area contributed by atoms with E-state index in [0.717, 1.165) is 14.8 Å². The third-order valence-corrected chi connectivity index (χ3v) is 3.83. The molecule has 5 heteroatoms. The van der Waals surface area contributed by atoms with E-state index >= 15 is 0 Å². The minimum absolute atomic E-state index is 0.194. The molecule has 19 heavy (non-hydrogen) atoms. The molecule has 1 aromatic heterocycles. The lowest BCUT2D eigenvalue weighted by atomic mass is 10.1. The molecule has 2 rings (SSSR count). The van der Waals surface area contributed by atoms with Gasteiger partial charge in [-0.3, -0.25) is 4.79 Å². The summed E-state index contributed by atoms with van der Waals surface area (Å²) in [6, 6.07) is 9.41. The highest BCUT2D eigenvalue weighted by Gasteiger charge is 2.20. The van der Waals surface area contributed by atoms with Crippen molar-refractivity contribution in [3.8, 4) is 0 Å². The molecule has 98 valence electrons. The van der Waals surface area contributed by atoms with Gasteiger partial charge in [-0.05, 0) is 40.6 Å². The molecule has 0 amide bonds. The van der Waals surface area contributed by atoms with Crippen molar-refractivity contribution in [3.05, 3.63) is 56.4 Å². The Morgan fingerprint density at radius 2 is 2.05 bits per heavy atom. The van der Waals surface area contributed by atoms with Crippen molar-refractivity contribution in [1.82, 2.24) is 4.98 Å². The maximum absolute atomic E-state index is 12.0. The Morgan fingerprint density at radius 3 is 2.68 bits per heavy atom. The van der Waals surface area contributed by atoms with E-state index in [1.54, 1.807) is 6.92 Å². The summed E-state index contributed by atoms with van der Waals surface area (Å²) in [5, 5.41) is 0. The number of carbonyl (C=O) groups is 2. The molecule has 0 spiro atoms. The second-order valence-corrected chi connectivity index (χ2v) is 5.11. The molecule has 0 aliphatic carbocycles. The van der Waals surface area contributed by atoms with E-state index in [2.05, 4.69) is 4.98 Å². The van der Waals surface area contributed by atoms with Crippen LogP contribution in [0, 0.1) is 10.6 Å². The number of aromatic amines is 1. The molecule has 0 saturated carbocycles. The first-order chi connectivity index (χ1) is 9.13. The molecule has 0 bridgehead atoms. The van der Waals surface area contributed by atoms with E-state index in [4.69, 9.17) is 4.74 Å². The Kier molecular flexibility index (Phi) is 4.36. The first-order valence-corrected chi connectivity index (χ1v) is 6.75. The van der Waals surface area contributed by atoms with Crippen LogP contribution in [0.5, 0.6) is 0 Å². The maximum atomic E-state index is 12.0. The fourth-order valence-corrected chi connectivity index (χ4v) is 2.29. The Bertz CT molecular complexity index is 605. The predicted octanol–water partition coefficient (Wildman–Crippen LogP) is 3.10. The molecular weight excluding hydrogens is 357 g/mol. The summed E-state index contributed by atoms with van der Waals surface area (Å²) < 4.78 is 6.00. The molecular formula is C14H12INO3. The van der Waals surface area contributed by atoms with Crippen LogP contribution in [-0.2, 0) is 11.3 Å². The zero-order valence-electron chi connectivity index (χ0n) is 10.3. The van der Waals surface area contributed by atoms with Gasteiger partial charge >= 0.3 is 5.97 Å². The minimum atomic E-state index is -0.484. The highest BCUT2D eigenvalue weighted by atomic mass is 127. The van der Waals surface area contributed by atoms with Crippen molar-refractivity contribution < 1.29 is 14.3 Å². The number of esters is 1. The summed E-state index contributed by atoms with van der Waals surface area (Å²) in [7, 11) is 0. The third-order valence-electron chi connectivity index (χ3n) is 2.75. The van der Waals surface area contributed by atoms with Gasteiger partial charge in [-0.25, -0.2) is 4.79 Å². The van der Waals surface area contributed by atoms with Gasteiger partial charge in [-0.15, -0.1) is 0 Å². The normalized spacial score (nSPS) is 10.2. The van der Waals surface area contributed by atoms with E-state index in [1.807, 2.05) is 52.9 Å². The van der Waals surface area contributed by atoms with Gasteiger partial charge < -0.3 is 9.72 Å². The number of hydrogen-bond acceptors (Lipinski definition) is 3. The van der Waals surface area contributed by atoms with Crippen LogP contribution in [0.1, 0.15) is 32.0 Å². The van der Waals surface area contributed by atoms with E-state index in [-0.39, 0.29) is 12.3 Å². The minimum Gasteiger partial charge on any atom is -0.457 e. The monoisotopic (exact) mass is 369 g/mol. The average Bonchev–Trinajstić information content (AvgIpc) is 2.73. The van der Waals surface area contributed by atoms with Crippen molar-refractivity contribution >= 4 is 34.8 Å². The summed E-state index contributed by atoms with van der Waals surface area (Å²) in [6.07, 6.45) is 0.633. The molecule has 2 aromatic rings. The fraction of sp³-hybridized carbons (Fsp3) is 0.143. The lowest BCUT2D eigenvalue weighted by Gasteiger charge is -2.05. The SMILES string of the molecule is Cc1c(I)[nH]c(C=O)c1C(=O)OCc1ccccc1. The van der Waals surface area contributed by atoms with Crippen molar-refractivity contribution in [2.45, 2.75) is 13.5 Å². The molecule has 0 atom stereocenters. The standard InChI is InChI=1S/C14H12INO3/c1-9-12(11(7-17)16-13(9)15)14(18)19-8-10-5-3-2-4-6-10/h2-7,16H,8H2,1H3. The Balaban J connectivity index is 2.14. The first-order valence-electron chi connectivity index (χ1n) is 5.67.